The van der Waals surface area contributed by atoms with Crippen molar-refractivity contribution in [2.75, 3.05) is 27.1 Å². The molecule has 0 saturated heterocycles. The van der Waals surface area contributed by atoms with Crippen molar-refractivity contribution in [1.82, 2.24) is 25.1 Å². The number of amides is 2. The van der Waals surface area contributed by atoms with Gasteiger partial charge in [-0.1, -0.05) is 23.9 Å². The Morgan fingerprint density at radius 2 is 1.44 bits per heavy atom. The van der Waals surface area contributed by atoms with Gasteiger partial charge in [-0.3, -0.25) is 9.59 Å². The van der Waals surface area contributed by atoms with Crippen LogP contribution in [-0.4, -0.2) is 64.4 Å². The van der Waals surface area contributed by atoms with Crippen LogP contribution in [-0.2, 0) is 18.4 Å². The summed E-state index contributed by atoms with van der Waals surface area (Å²) < 4.78 is 17.5. The Morgan fingerprint density at radius 3 is 2.05 bits per heavy atom. The van der Waals surface area contributed by atoms with Crippen LogP contribution in [0.4, 0.5) is 0 Å². The second-order valence-corrected chi connectivity index (χ2v) is 10.6. The Bertz CT molecular complexity index is 1600. The standard InChI is InChI=1S/C31H32N6O5S/c1-36-28(18-32-30(39)22-9-15-25(42-4)16-10-22)33-34-31(36)43-19-29(38)37-27(21-7-13-24(41-3)14-8-21)17-26(35-37)20-5-11-23(40-2)12-6-20/h5-16,27H,17-19H2,1-4H3,(H,32,39)/t27-/m1/s1. The van der Waals surface area contributed by atoms with Crippen molar-refractivity contribution in [1.29, 1.82) is 0 Å². The molecule has 1 aliphatic heterocycles. The number of aromatic nitrogens is 3. The highest BCUT2D eigenvalue weighted by atomic mass is 32.2. The maximum atomic E-state index is 13.6. The maximum absolute atomic E-state index is 13.6. The quantitative estimate of drug-likeness (QED) is 0.254. The molecule has 11 nitrogen and oxygen atoms in total. The zero-order valence-corrected chi connectivity index (χ0v) is 25.1. The minimum Gasteiger partial charge on any atom is -0.497 e. The molecule has 1 atom stereocenters. The molecule has 1 aliphatic rings. The fraction of sp³-hybridized carbons (Fsp3) is 0.258. The molecule has 0 aliphatic carbocycles. The van der Waals surface area contributed by atoms with Crippen molar-refractivity contribution >= 4 is 29.3 Å². The molecule has 2 heterocycles. The Kier molecular flexibility index (Phi) is 9.26. The normalized spacial score (nSPS) is 14.3. The second kappa shape index (κ2) is 13.4. The third-order valence-corrected chi connectivity index (χ3v) is 8.10. The van der Waals surface area contributed by atoms with Crippen LogP contribution >= 0.6 is 11.8 Å². The zero-order valence-electron chi connectivity index (χ0n) is 24.3. The number of hydrogen-bond donors (Lipinski definition) is 1. The van der Waals surface area contributed by atoms with E-state index in [1.807, 2.05) is 48.5 Å². The van der Waals surface area contributed by atoms with Gasteiger partial charge in [0.1, 0.15) is 17.2 Å². The van der Waals surface area contributed by atoms with Crippen LogP contribution in [0.2, 0.25) is 0 Å². The van der Waals surface area contributed by atoms with Crippen LogP contribution in [0.1, 0.15) is 39.8 Å². The van der Waals surface area contributed by atoms with Crippen molar-refractivity contribution in [3.8, 4) is 17.2 Å². The summed E-state index contributed by atoms with van der Waals surface area (Å²) in [6.45, 7) is 0.185. The van der Waals surface area contributed by atoms with Crippen LogP contribution in [0.5, 0.6) is 17.2 Å². The lowest BCUT2D eigenvalue weighted by Gasteiger charge is -2.22. The van der Waals surface area contributed by atoms with Crippen LogP contribution < -0.4 is 19.5 Å². The Hall–Kier alpha value is -4.84. The Balaban J connectivity index is 1.26. The zero-order chi connectivity index (χ0) is 30.3. The first kappa shape index (κ1) is 29.6. The number of hydrogen-bond acceptors (Lipinski definition) is 9. The summed E-state index contributed by atoms with van der Waals surface area (Å²) in [4.78, 5) is 26.1. The summed E-state index contributed by atoms with van der Waals surface area (Å²) >= 11 is 1.27. The molecule has 0 radical (unpaired) electrons. The maximum Gasteiger partial charge on any atom is 0.253 e. The molecule has 4 aromatic rings. The predicted octanol–water partition coefficient (Wildman–Crippen LogP) is 4.24. The highest BCUT2D eigenvalue weighted by Crippen LogP contribution is 2.34. The van der Waals surface area contributed by atoms with Crippen molar-refractivity contribution in [2.45, 2.75) is 24.2 Å². The lowest BCUT2D eigenvalue weighted by atomic mass is 9.98. The summed E-state index contributed by atoms with van der Waals surface area (Å²) in [5, 5.41) is 18.2. The fourth-order valence-corrected chi connectivity index (χ4v) is 5.39. The van der Waals surface area contributed by atoms with Gasteiger partial charge in [0.05, 0.1) is 45.4 Å². The molecular weight excluding hydrogens is 568 g/mol. The number of carbonyl (C=O) groups is 2. The molecule has 1 aromatic heterocycles. The van der Waals surface area contributed by atoms with Crippen molar-refractivity contribution in [2.24, 2.45) is 12.1 Å². The topological polar surface area (TPSA) is 120 Å². The average molecular weight is 601 g/mol. The van der Waals surface area contributed by atoms with Gasteiger partial charge in [0.2, 0.25) is 0 Å². The van der Waals surface area contributed by atoms with Gasteiger partial charge in [0, 0.05) is 19.0 Å². The molecule has 0 bridgehead atoms. The largest absolute Gasteiger partial charge is 0.497 e. The molecule has 43 heavy (non-hydrogen) atoms. The Morgan fingerprint density at radius 1 is 0.860 bits per heavy atom. The molecule has 0 fully saturated rings. The third kappa shape index (κ3) is 6.81. The number of nitrogens with one attached hydrogen (secondary N) is 1. The van der Waals surface area contributed by atoms with Gasteiger partial charge in [-0.2, -0.15) is 5.10 Å². The van der Waals surface area contributed by atoms with Gasteiger partial charge in [-0.25, -0.2) is 5.01 Å². The van der Waals surface area contributed by atoms with E-state index in [2.05, 4.69) is 15.5 Å². The fourth-order valence-electron chi connectivity index (χ4n) is 4.60. The molecular formula is C31H32N6O5S. The van der Waals surface area contributed by atoms with E-state index >= 15 is 0 Å². The van der Waals surface area contributed by atoms with E-state index in [-0.39, 0.29) is 30.2 Å². The monoisotopic (exact) mass is 600 g/mol. The molecule has 12 heteroatoms. The third-order valence-electron chi connectivity index (χ3n) is 7.10. The van der Waals surface area contributed by atoms with Gasteiger partial charge < -0.3 is 24.1 Å². The van der Waals surface area contributed by atoms with Crippen LogP contribution in [0.15, 0.2) is 83.1 Å². The highest BCUT2D eigenvalue weighted by Gasteiger charge is 2.33. The first-order chi connectivity index (χ1) is 20.9. The molecule has 5 rings (SSSR count). The van der Waals surface area contributed by atoms with E-state index in [1.165, 1.54) is 11.8 Å². The summed E-state index contributed by atoms with van der Waals surface area (Å²) in [6, 6.07) is 21.9. The number of benzene rings is 3. The first-order valence-corrected chi connectivity index (χ1v) is 14.5. The smallest absolute Gasteiger partial charge is 0.253 e. The SMILES string of the molecule is COc1ccc(C(=O)NCc2nnc(SCC(=O)N3N=C(c4ccc(OC)cc4)C[C@@H]3c3ccc(OC)cc3)n2C)cc1. The number of methoxy groups -OCH3 is 3. The van der Waals surface area contributed by atoms with E-state index in [1.54, 1.807) is 62.2 Å². The van der Waals surface area contributed by atoms with Gasteiger partial charge in [0.25, 0.3) is 11.8 Å². The van der Waals surface area contributed by atoms with Crippen LogP contribution in [0.3, 0.4) is 0 Å². The van der Waals surface area contributed by atoms with E-state index in [4.69, 9.17) is 19.3 Å². The van der Waals surface area contributed by atoms with Crippen molar-refractivity contribution in [3.05, 3.63) is 95.3 Å². The molecule has 0 spiro atoms. The predicted molar refractivity (Wildman–Crippen MR) is 163 cm³/mol. The average Bonchev–Trinajstić information content (AvgIpc) is 3.66. The van der Waals surface area contributed by atoms with E-state index < -0.39 is 0 Å². The van der Waals surface area contributed by atoms with E-state index in [0.29, 0.717) is 28.7 Å². The first-order valence-electron chi connectivity index (χ1n) is 13.5. The number of rotatable bonds is 11. The molecule has 222 valence electrons. The molecule has 1 N–H and O–H groups in total. The molecule has 0 saturated carbocycles. The number of hydrazone groups is 1. The number of ether oxygens (including phenoxy) is 3. The van der Waals surface area contributed by atoms with Gasteiger partial charge in [0.15, 0.2) is 11.0 Å². The number of thioether (sulfide) groups is 1. The minimum absolute atomic E-state index is 0.107. The second-order valence-electron chi connectivity index (χ2n) is 9.66. The Labute approximate surface area is 253 Å². The van der Waals surface area contributed by atoms with Gasteiger partial charge in [-0.15, -0.1) is 10.2 Å². The van der Waals surface area contributed by atoms with Gasteiger partial charge in [-0.05, 0) is 71.8 Å². The highest BCUT2D eigenvalue weighted by molar-refractivity contribution is 7.99. The van der Waals surface area contributed by atoms with Crippen LogP contribution in [0, 0.1) is 0 Å². The summed E-state index contributed by atoms with van der Waals surface area (Å²) in [5.41, 5.74) is 3.21. The van der Waals surface area contributed by atoms with E-state index in [0.717, 1.165) is 28.3 Å². The van der Waals surface area contributed by atoms with Crippen molar-refractivity contribution < 1.29 is 23.8 Å². The molecule has 2 amide bonds. The van der Waals surface area contributed by atoms with Crippen LogP contribution in [0.25, 0.3) is 0 Å². The summed E-state index contributed by atoms with van der Waals surface area (Å²) in [5.74, 6) is 2.44. The lowest BCUT2D eigenvalue weighted by molar-refractivity contribution is -0.130. The lowest BCUT2D eigenvalue weighted by Crippen LogP contribution is -2.28. The number of carbonyl (C=O) groups excluding carboxylic acids is 2. The van der Waals surface area contributed by atoms with E-state index in [9.17, 15) is 9.59 Å². The summed E-state index contributed by atoms with van der Waals surface area (Å²) in [6.07, 6.45) is 0.567. The minimum atomic E-state index is -0.265. The molecule has 0 unspecified atom stereocenters. The number of nitrogens with zero attached hydrogens (tertiary/aromatic N) is 5. The van der Waals surface area contributed by atoms with Crippen molar-refractivity contribution in [3.63, 3.8) is 0 Å². The summed E-state index contributed by atoms with van der Waals surface area (Å²) in [7, 11) is 6.62. The van der Waals surface area contributed by atoms with Gasteiger partial charge >= 0.3 is 0 Å². The molecule has 3 aromatic carbocycles.